The van der Waals surface area contributed by atoms with Crippen LogP contribution in [0.5, 0.6) is 0 Å². The van der Waals surface area contributed by atoms with Crippen molar-refractivity contribution in [3.8, 4) is 12.3 Å². The molecule has 156 valence electrons. The lowest BCUT2D eigenvalue weighted by atomic mass is 9.99. The van der Waals surface area contributed by atoms with Gasteiger partial charge in [-0.1, -0.05) is 35.2 Å². The molecule has 1 aliphatic heterocycles. The fourth-order valence-electron chi connectivity index (χ4n) is 3.56. The van der Waals surface area contributed by atoms with Gasteiger partial charge in [0.25, 0.3) is 0 Å². The standard InChI is InChI=1S/C19H17Cl2N5O4/c1-2-7-6-26(17-11(7)16(22)24-19(23)25-17)18-14(29)13(28)15(30-18)12(27)8-3-4-9(20)10(21)5-8/h1,3-6,12-15,18,27-29H,(H4,22,23,24,25)/t12-,13+,14-,15-,18-/m1/s1. The third-order valence-corrected chi connectivity index (χ3v) is 5.76. The second-order valence-corrected chi connectivity index (χ2v) is 7.67. The predicted octanol–water partition coefficient (Wildman–Crippen LogP) is 1.24. The highest BCUT2D eigenvalue weighted by molar-refractivity contribution is 6.42. The van der Waals surface area contributed by atoms with Crippen LogP contribution in [0.15, 0.2) is 24.4 Å². The summed E-state index contributed by atoms with van der Waals surface area (Å²) in [5.41, 5.74) is 12.6. The number of nitrogens with two attached hydrogens (primary N) is 2. The minimum absolute atomic E-state index is 0.0737. The Morgan fingerprint density at radius 1 is 1.17 bits per heavy atom. The molecule has 1 saturated heterocycles. The summed E-state index contributed by atoms with van der Waals surface area (Å²) in [6.07, 6.45) is 0.606. The van der Waals surface area contributed by atoms with Crippen molar-refractivity contribution in [2.75, 3.05) is 11.5 Å². The summed E-state index contributed by atoms with van der Waals surface area (Å²) >= 11 is 11.9. The number of ether oxygens (including phenoxy) is 1. The topological polar surface area (TPSA) is 153 Å². The highest BCUT2D eigenvalue weighted by Crippen LogP contribution is 2.39. The van der Waals surface area contributed by atoms with E-state index < -0.39 is 30.6 Å². The van der Waals surface area contributed by atoms with Crippen molar-refractivity contribution in [3.05, 3.63) is 45.6 Å². The lowest BCUT2D eigenvalue weighted by Crippen LogP contribution is -2.34. The normalized spacial score (nSPS) is 24.8. The van der Waals surface area contributed by atoms with Gasteiger partial charge >= 0.3 is 0 Å². The minimum Gasteiger partial charge on any atom is -0.387 e. The Morgan fingerprint density at radius 3 is 2.57 bits per heavy atom. The van der Waals surface area contributed by atoms with Gasteiger partial charge in [-0.05, 0) is 17.7 Å². The summed E-state index contributed by atoms with van der Waals surface area (Å²) in [5, 5.41) is 32.9. The molecular formula is C19H17Cl2N5O4. The smallest absolute Gasteiger partial charge is 0.223 e. The molecule has 5 atom stereocenters. The van der Waals surface area contributed by atoms with Gasteiger partial charge in [-0.15, -0.1) is 6.42 Å². The molecule has 0 bridgehead atoms. The zero-order valence-electron chi connectivity index (χ0n) is 15.3. The number of aromatic nitrogens is 3. The second-order valence-electron chi connectivity index (χ2n) is 6.85. The Bertz CT molecular complexity index is 1180. The molecule has 3 heterocycles. The summed E-state index contributed by atoms with van der Waals surface area (Å²) in [6, 6.07) is 4.52. The van der Waals surface area contributed by atoms with Crippen LogP contribution in [-0.4, -0.2) is 48.2 Å². The number of hydrogen-bond donors (Lipinski definition) is 5. The monoisotopic (exact) mass is 449 g/mol. The van der Waals surface area contributed by atoms with E-state index >= 15 is 0 Å². The molecule has 0 unspecified atom stereocenters. The van der Waals surface area contributed by atoms with E-state index in [1.807, 2.05) is 0 Å². The van der Waals surface area contributed by atoms with E-state index in [0.29, 0.717) is 21.5 Å². The van der Waals surface area contributed by atoms with Gasteiger partial charge in [0.15, 0.2) is 11.9 Å². The number of fused-ring (bicyclic) bond motifs is 1. The largest absolute Gasteiger partial charge is 0.387 e. The number of terminal acetylenes is 1. The summed E-state index contributed by atoms with van der Waals surface area (Å²) < 4.78 is 7.24. The maximum Gasteiger partial charge on any atom is 0.223 e. The Labute approximate surface area is 180 Å². The van der Waals surface area contributed by atoms with Crippen molar-refractivity contribution in [2.24, 2.45) is 0 Å². The van der Waals surface area contributed by atoms with Crippen LogP contribution in [0.1, 0.15) is 23.5 Å². The van der Waals surface area contributed by atoms with Crippen LogP contribution in [0.25, 0.3) is 11.0 Å². The number of nitrogen functional groups attached to an aromatic ring is 2. The number of rotatable bonds is 3. The first-order chi connectivity index (χ1) is 14.2. The van der Waals surface area contributed by atoms with Gasteiger partial charge in [0.1, 0.15) is 30.2 Å². The average Bonchev–Trinajstić information content (AvgIpc) is 3.21. The highest BCUT2D eigenvalue weighted by Gasteiger charge is 2.47. The summed E-state index contributed by atoms with van der Waals surface area (Å²) in [7, 11) is 0. The molecule has 1 aromatic carbocycles. The van der Waals surface area contributed by atoms with Crippen molar-refractivity contribution in [1.29, 1.82) is 0 Å². The zero-order valence-corrected chi connectivity index (χ0v) is 16.8. The van der Waals surface area contributed by atoms with Crippen LogP contribution in [0.3, 0.4) is 0 Å². The molecule has 3 aromatic rings. The van der Waals surface area contributed by atoms with Crippen molar-refractivity contribution in [2.45, 2.75) is 30.6 Å². The van der Waals surface area contributed by atoms with Crippen LogP contribution in [-0.2, 0) is 4.74 Å². The van der Waals surface area contributed by atoms with E-state index in [-0.39, 0.29) is 22.4 Å². The van der Waals surface area contributed by atoms with Gasteiger partial charge in [-0.25, -0.2) is 0 Å². The number of aliphatic hydroxyl groups is 3. The fourth-order valence-corrected chi connectivity index (χ4v) is 3.87. The quantitative estimate of drug-likeness (QED) is 0.374. The highest BCUT2D eigenvalue weighted by atomic mass is 35.5. The number of nitrogens with zero attached hydrogens (tertiary/aromatic N) is 3. The van der Waals surface area contributed by atoms with E-state index in [9.17, 15) is 15.3 Å². The van der Waals surface area contributed by atoms with E-state index in [1.54, 1.807) is 6.07 Å². The Kier molecular flexibility index (Phi) is 5.23. The molecule has 1 aliphatic rings. The van der Waals surface area contributed by atoms with E-state index in [0.717, 1.165) is 0 Å². The molecule has 0 amide bonds. The molecule has 9 nitrogen and oxygen atoms in total. The van der Waals surface area contributed by atoms with Gasteiger partial charge in [0.2, 0.25) is 5.95 Å². The molecule has 0 saturated carbocycles. The lowest BCUT2D eigenvalue weighted by Gasteiger charge is -2.21. The third-order valence-electron chi connectivity index (χ3n) is 5.02. The molecule has 2 aromatic heterocycles. The first-order valence-electron chi connectivity index (χ1n) is 8.77. The number of anilines is 2. The van der Waals surface area contributed by atoms with Crippen molar-refractivity contribution in [3.63, 3.8) is 0 Å². The third kappa shape index (κ3) is 3.24. The van der Waals surface area contributed by atoms with Gasteiger partial charge in [-0.2, -0.15) is 9.97 Å². The number of aliphatic hydroxyl groups excluding tert-OH is 3. The summed E-state index contributed by atoms with van der Waals surface area (Å²) in [5.74, 6) is 2.45. The average molecular weight is 450 g/mol. The van der Waals surface area contributed by atoms with Crippen molar-refractivity contribution < 1.29 is 20.1 Å². The molecule has 30 heavy (non-hydrogen) atoms. The summed E-state index contributed by atoms with van der Waals surface area (Å²) in [4.78, 5) is 8.05. The number of halogens is 2. The SMILES string of the molecule is C#Cc1cn([C@@H]2O[C@H]([C@H](O)c3ccc(Cl)c(Cl)c3)[C@@H](O)[C@H]2O)c2nc(N)nc(N)c12. The zero-order chi connectivity index (χ0) is 21.7. The van der Waals surface area contributed by atoms with Crippen LogP contribution < -0.4 is 11.5 Å². The molecule has 0 spiro atoms. The number of hydrogen-bond acceptors (Lipinski definition) is 8. The van der Waals surface area contributed by atoms with Gasteiger partial charge in [-0.3, -0.25) is 0 Å². The van der Waals surface area contributed by atoms with Crippen LogP contribution >= 0.6 is 23.2 Å². The first kappa shape index (κ1) is 20.7. The van der Waals surface area contributed by atoms with Crippen molar-refractivity contribution >= 4 is 46.0 Å². The molecule has 11 heteroatoms. The minimum atomic E-state index is -1.43. The second kappa shape index (κ2) is 7.59. The first-order valence-corrected chi connectivity index (χ1v) is 9.53. The molecule has 4 rings (SSSR count). The molecule has 1 fully saturated rings. The van der Waals surface area contributed by atoms with Crippen molar-refractivity contribution in [1.82, 2.24) is 14.5 Å². The van der Waals surface area contributed by atoms with Gasteiger partial charge < -0.3 is 36.1 Å². The van der Waals surface area contributed by atoms with Crippen LogP contribution in [0.2, 0.25) is 10.0 Å². The van der Waals surface area contributed by atoms with Crippen LogP contribution in [0, 0.1) is 12.3 Å². The van der Waals surface area contributed by atoms with E-state index in [1.165, 1.54) is 22.9 Å². The Hall–Kier alpha value is -2.58. The fraction of sp³-hybridized carbons (Fsp3) is 0.263. The van der Waals surface area contributed by atoms with Gasteiger partial charge in [0, 0.05) is 6.20 Å². The van der Waals surface area contributed by atoms with E-state index in [2.05, 4.69) is 15.9 Å². The maximum atomic E-state index is 10.7. The summed E-state index contributed by atoms with van der Waals surface area (Å²) in [6.45, 7) is 0. The molecule has 0 aliphatic carbocycles. The predicted molar refractivity (Wildman–Crippen MR) is 112 cm³/mol. The molecule has 7 N–H and O–H groups in total. The van der Waals surface area contributed by atoms with E-state index in [4.69, 9.17) is 45.8 Å². The number of benzene rings is 1. The van der Waals surface area contributed by atoms with Gasteiger partial charge in [0.05, 0.1) is 21.0 Å². The van der Waals surface area contributed by atoms with Crippen LogP contribution in [0.4, 0.5) is 11.8 Å². The molecular weight excluding hydrogens is 433 g/mol. The Balaban J connectivity index is 1.73. The lowest BCUT2D eigenvalue weighted by molar-refractivity contribution is -0.0848. The Morgan fingerprint density at radius 2 is 1.90 bits per heavy atom. The maximum absolute atomic E-state index is 10.7. The molecule has 0 radical (unpaired) electrons.